The number of hydrogen-bond donors (Lipinski definition) is 1. The molecule has 0 aliphatic rings. The second kappa shape index (κ2) is 5.14. The molecule has 4 nitrogen and oxygen atoms in total. The van der Waals surface area contributed by atoms with Gasteiger partial charge >= 0.3 is 0 Å². The Bertz CT molecular complexity index is 657. The van der Waals surface area contributed by atoms with Gasteiger partial charge in [0.2, 0.25) is 0 Å². The predicted molar refractivity (Wildman–Crippen MR) is 71.5 cm³/mol. The highest BCUT2D eigenvalue weighted by Crippen LogP contribution is 2.23. The summed E-state index contributed by atoms with van der Waals surface area (Å²) >= 11 is 11.5. The van der Waals surface area contributed by atoms with Gasteiger partial charge in [-0.25, -0.2) is 13.4 Å². The Morgan fingerprint density at radius 2 is 1.78 bits per heavy atom. The first-order valence-electron chi connectivity index (χ1n) is 4.88. The van der Waals surface area contributed by atoms with Crippen LogP contribution in [-0.4, -0.2) is 13.4 Å². The van der Waals surface area contributed by atoms with Crippen LogP contribution in [0.15, 0.2) is 47.5 Å². The molecule has 1 heterocycles. The van der Waals surface area contributed by atoms with Gasteiger partial charge in [-0.3, -0.25) is 4.72 Å². The van der Waals surface area contributed by atoms with E-state index in [0.29, 0.717) is 5.69 Å². The molecule has 94 valence electrons. The molecular formula is C11H8Cl2N2O2S. The molecule has 0 amide bonds. The normalized spacial score (nSPS) is 11.2. The van der Waals surface area contributed by atoms with Crippen LogP contribution in [0, 0.1) is 0 Å². The summed E-state index contributed by atoms with van der Waals surface area (Å²) in [5.41, 5.74) is 0.319. The molecule has 2 aromatic rings. The van der Waals surface area contributed by atoms with E-state index < -0.39 is 10.0 Å². The minimum absolute atomic E-state index is 0.0154. The van der Waals surface area contributed by atoms with Gasteiger partial charge in [0, 0.05) is 0 Å². The number of hydrogen-bond acceptors (Lipinski definition) is 3. The third-order valence-electron chi connectivity index (χ3n) is 2.11. The van der Waals surface area contributed by atoms with Crippen molar-refractivity contribution in [3.05, 3.63) is 52.8 Å². The third-order valence-corrected chi connectivity index (χ3v) is 4.21. The topological polar surface area (TPSA) is 59.1 Å². The van der Waals surface area contributed by atoms with Gasteiger partial charge in [0.1, 0.15) is 10.0 Å². The van der Waals surface area contributed by atoms with Gasteiger partial charge < -0.3 is 0 Å². The summed E-state index contributed by atoms with van der Waals surface area (Å²) in [7, 11) is -3.72. The van der Waals surface area contributed by atoms with Crippen molar-refractivity contribution in [3.63, 3.8) is 0 Å². The molecule has 1 aromatic carbocycles. The van der Waals surface area contributed by atoms with E-state index in [2.05, 4.69) is 9.71 Å². The second-order valence-electron chi connectivity index (χ2n) is 3.41. The Hall–Kier alpha value is -1.30. The first-order valence-corrected chi connectivity index (χ1v) is 7.12. The standard InChI is InChI=1S/C11H8Cl2N2O2S/c12-9-3-1-2-4-10(9)18(16,17)15-8-5-6-11(13)14-7-8/h1-7,15H. The fourth-order valence-electron chi connectivity index (χ4n) is 1.31. The van der Waals surface area contributed by atoms with Crippen molar-refractivity contribution in [1.29, 1.82) is 0 Å². The van der Waals surface area contributed by atoms with Crippen molar-refractivity contribution < 1.29 is 8.42 Å². The lowest BCUT2D eigenvalue weighted by molar-refractivity contribution is 0.601. The molecule has 0 fully saturated rings. The van der Waals surface area contributed by atoms with Gasteiger partial charge in [0.25, 0.3) is 10.0 Å². The highest BCUT2D eigenvalue weighted by atomic mass is 35.5. The predicted octanol–water partition coefficient (Wildman–Crippen LogP) is 3.19. The van der Waals surface area contributed by atoms with E-state index in [1.165, 1.54) is 30.5 Å². The summed E-state index contributed by atoms with van der Waals surface area (Å²) in [6, 6.07) is 9.20. The summed E-state index contributed by atoms with van der Waals surface area (Å²) in [5.74, 6) is 0. The van der Waals surface area contributed by atoms with E-state index in [-0.39, 0.29) is 15.1 Å². The number of nitrogens with zero attached hydrogens (tertiary/aromatic N) is 1. The fraction of sp³-hybridized carbons (Fsp3) is 0. The highest BCUT2D eigenvalue weighted by molar-refractivity contribution is 7.92. The number of halogens is 2. The summed E-state index contributed by atoms with van der Waals surface area (Å²) < 4.78 is 26.5. The van der Waals surface area contributed by atoms with E-state index in [1.54, 1.807) is 12.1 Å². The maximum atomic E-state index is 12.1. The van der Waals surface area contributed by atoms with Crippen LogP contribution in [0.1, 0.15) is 0 Å². The second-order valence-corrected chi connectivity index (χ2v) is 5.85. The first-order chi connectivity index (χ1) is 8.49. The molecule has 1 N–H and O–H groups in total. The smallest absolute Gasteiger partial charge is 0.263 e. The van der Waals surface area contributed by atoms with Crippen LogP contribution >= 0.6 is 23.2 Å². The largest absolute Gasteiger partial charge is 0.278 e. The van der Waals surface area contributed by atoms with Gasteiger partial charge in [-0.15, -0.1) is 0 Å². The van der Waals surface area contributed by atoms with Crippen LogP contribution < -0.4 is 4.72 Å². The summed E-state index contributed by atoms with van der Waals surface area (Å²) in [4.78, 5) is 3.80. The van der Waals surface area contributed by atoms with Crippen molar-refractivity contribution in [2.24, 2.45) is 0 Å². The number of benzene rings is 1. The zero-order valence-corrected chi connectivity index (χ0v) is 11.3. The molecular weight excluding hydrogens is 295 g/mol. The third kappa shape index (κ3) is 2.93. The van der Waals surface area contributed by atoms with Crippen LogP contribution in [-0.2, 0) is 10.0 Å². The molecule has 18 heavy (non-hydrogen) atoms. The van der Waals surface area contributed by atoms with Crippen molar-refractivity contribution in [2.45, 2.75) is 4.90 Å². The molecule has 0 saturated heterocycles. The average Bonchev–Trinajstić information content (AvgIpc) is 2.32. The van der Waals surface area contributed by atoms with Crippen LogP contribution in [0.25, 0.3) is 0 Å². The Morgan fingerprint density at radius 1 is 1.06 bits per heavy atom. The summed E-state index contributed by atoms with van der Waals surface area (Å²) in [6.45, 7) is 0. The maximum absolute atomic E-state index is 12.1. The van der Waals surface area contributed by atoms with Crippen LogP contribution in [0.4, 0.5) is 5.69 Å². The van der Waals surface area contributed by atoms with Crippen LogP contribution in [0.2, 0.25) is 10.2 Å². The molecule has 7 heteroatoms. The number of rotatable bonds is 3. The molecule has 0 aliphatic heterocycles. The van der Waals surface area contributed by atoms with E-state index in [4.69, 9.17) is 23.2 Å². The quantitative estimate of drug-likeness (QED) is 0.886. The van der Waals surface area contributed by atoms with E-state index in [0.717, 1.165) is 0 Å². The molecule has 0 bridgehead atoms. The number of pyridine rings is 1. The molecule has 1 aromatic heterocycles. The molecule has 0 spiro atoms. The zero-order chi connectivity index (χ0) is 13.2. The lowest BCUT2D eigenvalue weighted by Gasteiger charge is -2.08. The van der Waals surface area contributed by atoms with Crippen molar-refractivity contribution >= 4 is 38.9 Å². The van der Waals surface area contributed by atoms with Crippen molar-refractivity contribution in [1.82, 2.24) is 4.98 Å². The lowest BCUT2D eigenvalue weighted by atomic mass is 10.4. The van der Waals surface area contributed by atoms with Gasteiger partial charge in [0.05, 0.1) is 16.9 Å². The van der Waals surface area contributed by atoms with E-state index in [9.17, 15) is 8.42 Å². The SMILES string of the molecule is O=S(=O)(Nc1ccc(Cl)nc1)c1ccccc1Cl. The number of aromatic nitrogens is 1. The molecule has 0 unspecified atom stereocenters. The Balaban J connectivity index is 2.33. The van der Waals surface area contributed by atoms with Gasteiger partial charge in [-0.2, -0.15) is 0 Å². The number of nitrogens with one attached hydrogen (secondary N) is 1. The number of sulfonamides is 1. The van der Waals surface area contributed by atoms with Gasteiger partial charge in [0.15, 0.2) is 0 Å². The van der Waals surface area contributed by atoms with Crippen LogP contribution in [0.5, 0.6) is 0 Å². The Morgan fingerprint density at radius 3 is 2.39 bits per heavy atom. The molecule has 0 saturated carbocycles. The van der Waals surface area contributed by atoms with Crippen molar-refractivity contribution in [3.8, 4) is 0 Å². The van der Waals surface area contributed by atoms with Gasteiger partial charge in [-0.1, -0.05) is 35.3 Å². The Kier molecular flexibility index (Phi) is 3.75. The highest BCUT2D eigenvalue weighted by Gasteiger charge is 2.17. The molecule has 0 atom stereocenters. The number of anilines is 1. The Labute approximate surface area is 115 Å². The maximum Gasteiger partial charge on any atom is 0.263 e. The van der Waals surface area contributed by atoms with Crippen molar-refractivity contribution in [2.75, 3.05) is 4.72 Å². The van der Waals surface area contributed by atoms with Gasteiger partial charge in [-0.05, 0) is 24.3 Å². The first kappa shape index (κ1) is 13.1. The average molecular weight is 303 g/mol. The van der Waals surface area contributed by atoms with E-state index >= 15 is 0 Å². The van der Waals surface area contributed by atoms with Crippen LogP contribution in [0.3, 0.4) is 0 Å². The molecule has 0 radical (unpaired) electrons. The minimum atomic E-state index is -3.72. The molecule has 2 rings (SSSR count). The summed E-state index contributed by atoms with van der Waals surface area (Å²) in [5, 5.41) is 0.447. The van der Waals surface area contributed by atoms with E-state index in [1.807, 2.05) is 0 Å². The monoisotopic (exact) mass is 302 g/mol. The fourth-order valence-corrected chi connectivity index (χ4v) is 2.98. The molecule has 0 aliphatic carbocycles. The minimum Gasteiger partial charge on any atom is -0.278 e. The zero-order valence-electron chi connectivity index (χ0n) is 8.97. The lowest BCUT2D eigenvalue weighted by Crippen LogP contribution is -2.13. The summed E-state index contributed by atoms with van der Waals surface area (Å²) in [6.07, 6.45) is 1.33.